The number of rotatable bonds is 6. The third-order valence-electron chi connectivity index (χ3n) is 2.11. The molecule has 14 heavy (non-hydrogen) atoms. The largest absolute Gasteiger partial charge is 0.288 e. The van der Waals surface area contributed by atoms with Gasteiger partial charge in [-0.05, 0) is 12.8 Å². The van der Waals surface area contributed by atoms with E-state index in [0.717, 1.165) is 37.4 Å². The van der Waals surface area contributed by atoms with Crippen molar-refractivity contribution in [3.63, 3.8) is 0 Å². The van der Waals surface area contributed by atoms with Crippen LogP contribution in [0.3, 0.4) is 0 Å². The van der Waals surface area contributed by atoms with Gasteiger partial charge in [-0.25, -0.2) is 0 Å². The molecule has 0 N–H and O–H groups in total. The van der Waals surface area contributed by atoms with Crippen molar-refractivity contribution in [3.8, 4) is 0 Å². The Bertz CT molecular complexity index is 207. The zero-order valence-electron chi connectivity index (χ0n) is 8.00. The molecule has 1 saturated heterocycles. The summed E-state index contributed by atoms with van der Waals surface area (Å²) in [6.07, 6.45) is 4.02. The Kier molecular flexibility index (Phi) is 5.33. The molecule has 0 atom stereocenters. The second-order valence-corrected chi connectivity index (χ2v) is 4.51. The molecule has 0 radical (unpaired) electrons. The number of halogens is 1. The van der Waals surface area contributed by atoms with E-state index >= 15 is 0 Å². The number of carbonyl (C=O) groups is 2. The number of nitrogens with zero attached hydrogens (tertiary/aromatic N) is 1. The highest BCUT2D eigenvalue weighted by Crippen LogP contribution is 2.19. The van der Waals surface area contributed by atoms with Gasteiger partial charge in [0.05, 0.1) is 5.75 Å². The first kappa shape index (κ1) is 11.9. The fourth-order valence-corrected chi connectivity index (χ4v) is 2.26. The van der Waals surface area contributed by atoms with Crippen molar-refractivity contribution in [2.45, 2.75) is 25.7 Å². The van der Waals surface area contributed by atoms with Crippen LogP contribution < -0.4 is 0 Å². The van der Waals surface area contributed by atoms with Crippen molar-refractivity contribution >= 4 is 34.5 Å². The number of thioether (sulfide) groups is 1. The maximum atomic E-state index is 11.2. The van der Waals surface area contributed by atoms with Gasteiger partial charge in [-0.1, -0.05) is 24.6 Å². The third-order valence-corrected chi connectivity index (χ3v) is 3.23. The molecule has 0 aromatic rings. The Hall–Kier alpha value is -0.220. The van der Waals surface area contributed by atoms with Gasteiger partial charge in [-0.2, -0.15) is 0 Å². The lowest BCUT2D eigenvalue weighted by atomic mass is 10.2. The number of amides is 2. The van der Waals surface area contributed by atoms with E-state index in [1.807, 2.05) is 0 Å². The van der Waals surface area contributed by atoms with Crippen LogP contribution in [0.25, 0.3) is 0 Å². The number of hydrogen-bond donors (Lipinski definition) is 0. The predicted molar refractivity (Wildman–Crippen MR) is 58.8 cm³/mol. The van der Waals surface area contributed by atoms with E-state index in [4.69, 9.17) is 11.6 Å². The van der Waals surface area contributed by atoms with E-state index in [2.05, 4.69) is 0 Å². The van der Waals surface area contributed by atoms with E-state index in [-0.39, 0.29) is 11.1 Å². The van der Waals surface area contributed by atoms with Crippen LogP contribution in [0.2, 0.25) is 0 Å². The quantitative estimate of drug-likeness (QED) is 0.524. The van der Waals surface area contributed by atoms with E-state index in [0.29, 0.717) is 18.2 Å². The SMILES string of the molecule is O=C1CSC(=O)N1CCCCCCCl. The third kappa shape index (κ3) is 3.50. The molecule has 1 heterocycles. The summed E-state index contributed by atoms with van der Waals surface area (Å²) in [5, 5.41) is -0.0904. The lowest BCUT2D eigenvalue weighted by Gasteiger charge is -2.11. The average Bonchev–Trinajstić information content (AvgIpc) is 2.48. The molecular weight excluding hydrogens is 222 g/mol. The Labute approximate surface area is 93.2 Å². The van der Waals surface area contributed by atoms with E-state index < -0.39 is 0 Å². The minimum Gasteiger partial charge on any atom is -0.273 e. The standard InChI is InChI=1S/C9H14ClNO2S/c10-5-3-1-2-4-6-11-8(12)7-14-9(11)13/h1-7H2. The first-order valence-electron chi connectivity index (χ1n) is 4.79. The summed E-state index contributed by atoms with van der Waals surface area (Å²) < 4.78 is 0. The van der Waals surface area contributed by atoms with Gasteiger partial charge < -0.3 is 0 Å². The Balaban J connectivity index is 2.11. The summed E-state index contributed by atoms with van der Waals surface area (Å²) in [4.78, 5) is 23.7. The van der Waals surface area contributed by atoms with Crippen LogP contribution in [0.1, 0.15) is 25.7 Å². The molecule has 0 aromatic carbocycles. The first-order chi connectivity index (χ1) is 6.75. The second-order valence-electron chi connectivity index (χ2n) is 3.20. The lowest BCUT2D eigenvalue weighted by molar-refractivity contribution is -0.124. The smallest absolute Gasteiger partial charge is 0.273 e. The summed E-state index contributed by atoms with van der Waals surface area (Å²) in [5.41, 5.74) is 0. The van der Waals surface area contributed by atoms with Crippen LogP contribution in [0.5, 0.6) is 0 Å². The Morgan fingerprint density at radius 1 is 1.21 bits per heavy atom. The van der Waals surface area contributed by atoms with Crippen molar-refractivity contribution < 1.29 is 9.59 Å². The van der Waals surface area contributed by atoms with Crippen molar-refractivity contribution in [2.24, 2.45) is 0 Å². The maximum absolute atomic E-state index is 11.2. The molecule has 0 bridgehead atoms. The molecule has 3 nitrogen and oxygen atoms in total. The fourth-order valence-electron chi connectivity index (χ4n) is 1.32. The molecule has 0 saturated carbocycles. The van der Waals surface area contributed by atoms with E-state index in [9.17, 15) is 9.59 Å². The number of carbonyl (C=O) groups excluding carboxylic acids is 2. The molecule has 0 aromatic heterocycles. The summed E-state index contributed by atoms with van der Waals surface area (Å²) in [6, 6.07) is 0. The van der Waals surface area contributed by atoms with E-state index in [1.165, 1.54) is 4.90 Å². The fraction of sp³-hybridized carbons (Fsp3) is 0.778. The highest BCUT2D eigenvalue weighted by Gasteiger charge is 2.28. The predicted octanol–water partition coefficient (Wildman–Crippen LogP) is 2.48. The van der Waals surface area contributed by atoms with Crippen molar-refractivity contribution in [1.29, 1.82) is 0 Å². The van der Waals surface area contributed by atoms with Crippen LogP contribution in [-0.2, 0) is 4.79 Å². The van der Waals surface area contributed by atoms with Crippen molar-refractivity contribution in [3.05, 3.63) is 0 Å². The molecule has 0 aliphatic carbocycles. The van der Waals surface area contributed by atoms with Gasteiger partial charge in [-0.3, -0.25) is 14.5 Å². The lowest BCUT2D eigenvalue weighted by Crippen LogP contribution is -2.29. The van der Waals surface area contributed by atoms with Crippen molar-refractivity contribution in [1.82, 2.24) is 4.90 Å². The van der Waals surface area contributed by atoms with Crippen LogP contribution in [0.4, 0.5) is 4.79 Å². The molecule has 1 aliphatic heterocycles. The molecule has 2 amide bonds. The van der Waals surface area contributed by atoms with Gasteiger partial charge in [0, 0.05) is 12.4 Å². The van der Waals surface area contributed by atoms with Gasteiger partial charge >= 0.3 is 0 Å². The monoisotopic (exact) mass is 235 g/mol. The van der Waals surface area contributed by atoms with Crippen LogP contribution >= 0.6 is 23.4 Å². The minimum atomic E-state index is -0.0904. The van der Waals surface area contributed by atoms with Crippen molar-refractivity contribution in [2.75, 3.05) is 18.2 Å². The highest BCUT2D eigenvalue weighted by molar-refractivity contribution is 8.14. The summed E-state index contributed by atoms with van der Waals surface area (Å²) >= 11 is 6.63. The first-order valence-corrected chi connectivity index (χ1v) is 6.31. The highest BCUT2D eigenvalue weighted by atomic mass is 35.5. The molecule has 0 spiro atoms. The molecule has 1 rings (SSSR count). The Morgan fingerprint density at radius 3 is 2.50 bits per heavy atom. The second kappa shape index (κ2) is 6.30. The van der Waals surface area contributed by atoms with Gasteiger partial charge in [-0.15, -0.1) is 11.6 Å². The number of alkyl halides is 1. The van der Waals surface area contributed by atoms with Gasteiger partial charge in [0.1, 0.15) is 0 Å². The normalized spacial score (nSPS) is 16.8. The summed E-state index contributed by atoms with van der Waals surface area (Å²) in [5.74, 6) is 0.968. The minimum absolute atomic E-state index is 0.0441. The number of imide groups is 1. The van der Waals surface area contributed by atoms with Gasteiger partial charge in [0.2, 0.25) is 5.91 Å². The number of unbranched alkanes of at least 4 members (excludes halogenated alkanes) is 3. The van der Waals surface area contributed by atoms with Crippen LogP contribution in [0, 0.1) is 0 Å². The summed E-state index contributed by atoms with van der Waals surface area (Å²) in [6.45, 7) is 0.576. The molecule has 5 heteroatoms. The van der Waals surface area contributed by atoms with E-state index in [1.54, 1.807) is 0 Å². The molecular formula is C9H14ClNO2S. The zero-order valence-corrected chi connectivity index (χ0v) is 9.57. The zero-order chi connectivity index (χ0) is 10.4. The molecule has 80 valence electrons. The van der Waals surface area contributed by atoms with Gasteiger partial charge in [0.15, 0.2) is 0 Å². The topological polar surface area (TPSA) is 37.4 Å². The summed E-state index contributed by atoms with van der Waals surface area (Å²) in [7, 11) is 0. The number of hydrogen-bond acceptors (Lipinski definition) is 3. The molecule has 0 unspecified atom stereocenters. The molecule has 1 aliphatic rings. The Morgan fingerprint density at radius 2 is 1.93 bits per heavy atom. The van der Waals surface area contributed by atoms with Gasteiger partial charge in [0.25, 0.3) is 5.24 Å². The van der Waals surface area contributed by atoms with Crippen LogP contribution in [0.15, 0.2) is 0 Å². The average molecular weight is 236 g/mol. The van der Waals surface area contributed by atoms with Crippen LogP contribution in [-0.4, -0.2) is 34.2 Å². The maximum Gasteiger partial charge on any atom is 0.288 e. The molecule has 1 fully saturated rings.